The minimum atomic E-state index is -1.82. The molecule has 10 nitrogen and oxygen atoms in total. The summed E-state index contributed by atoms with van der Waals surface area (Å²) in [6, 6.07) is 1.22. The molecular formula is C15H21BClF3N6O4. The molecule has 5 N–H and O–H groups in total. The van der Waals surface area contributed by atoms with Gasteiger partial charge in [-0.15, -0.1) is 17.5 Å². The van der Waals surface area contributed by atoms with E-state index in [-0.39, 0.29) is 43.5 Å². The number of carbonyl (C=O) groups is 1. The van der Waals surface area contributed by atoms with E-state index in [1.807, 2.05) is 0 Å². The fourth-order valence-corrected chi connectivity index (χ4v) is 2.46. The molecule has 0 radical (unpaired) electrons. The highest BCUT2D eigenvalue weighted by Crippen LogP contribution is 2.15. The number of nitrogens with zero attached hydrogens (tertiary/aromatic N) is 4. The van der Waals surface area contributed by atoms with Crippen molar-refractivity contribution in [2.24, 2.45) is 5.73 Å². The van der Waals surface area contributed by atoms with Gasteiger partial charge in [-0.3, -0.25) is 4.79 Å². The maximum atomic E-state index is 13.6. The van der Waals surface area contributed by atoms with Crippen LogP contribution in [0, 0.1) is 17.5 Å². The third-order valence-electron chi connectivity index (χ3n) is 3.95. The van der Waals surface area contributed by atoms with E-state index in [4.69, 9.17) is 15.8 Å². The van der Waals surface area contributed by atoms with E-state index < -0.39 is 36.7 Å². The Morgan fingerprint density at radius 1 is 1.27 bits per heavy atom. The average Bonchev–Trinajstić information content (AvgIpc) is 3.13. The second-order valence-corrected chi connectivity index (χ2v) is 6.11. The van der Waals surface area contributed by atoms with E-state index in [1.54, 1.807) is 0 Å². The zero-order chi connectivity index (χ0) is 21.4. The third-order valence-corrected chi connectivity index (χ3v) is 3.95. The Balaban J connectivity index is 0.00000450. The Morgan fingerprint density at radius 3 is 2.70 bits per heavy atom. The number of tetrazole rings is 1. The lowest BCUT2D eigenvalue weighted by Crippen LogP contribution is -2.30. The first-order chi connectivity index (χ1) is 13.8. The topological polar surface area (TPSA) is 148 Å². The molecule has 0 saturated carbocycles. The second-order valence-electron chi connectivity index (χ2n) is 6.11. The van der Waals surface area contributed by atoms with Crippen molar-refractivity contribution in [2.45, 2.75) is 38.4 Å². The number of benzene rings is 1. The van der Waals surface area contributed by atoms with Crippen LogP contribution < -0.4 is 11.1 Å². The summed E-state index contributed by atoms with van der Waals surface area (Å²) >= 11 is 0. The lowest BCUT2D eigenvalue weighted by atomic mass is 10.1. The molecule has 0 aliphatic carbocycles. The molecule has 0 aliphatic heterocycles. The van der Waals surface area contributed by atoms with Crippen LogP contribution in [0.2, 0.25) is 0 Å². The van der Waals surface area contributed by atoms with Gasteiger partial charge in [0.05, 0.1) is 6.04 Å². The van der Waals surface area contributed by atoms with E-state index in [9.17, 15) is 18.0 Å². The van der Waals surface area contributed by atoms with Crippen LogP contribution in [0.15, 0.2) is 12.1 Å². The summed E-state index contributed by atoms with van der Waals surface area (Å²) in [4.78, 5) is 12.1. The zero-order valence-electron chi connectivity index (χ0n) is 15.7. The van der Waals surface area contributed by atoms with Gasteiger partial charge in [-0.1, -0.05) is 6.07 Å². The first kappa shape index (κ1) is 25.8. The highest BCUT2D eigenvalue weighted by molar-refractivity contribution is 6.32. The minimum absolute atomic E-state index is 0. The molecule has 1 aromatic carbocycles. The molecule has 15 heteroatoms. The van der Waals surface area contributed by atoms with E-state index in [2.05, 4.69) is 25.5 Å². The molecule has 30 heavy (non-hydrogen) atoms. The minimum Gasteiger partial charge on any atom is -0.402 e. The smallest absolute Gasteiger partial charge is 0.402 e. The van der Waals surface area contributed by atoms with Gasteiger partial charge >= 0.3 is 7.32 Å². The molecule has 1 aromatic heterocycles. The Morgan fingerprint density at radius 2 is 2.00 bits per heavy atom. The molecular weight excluding hydrogens is 431 g/mol. The van der Waals surface area contributed by atoms with Crippen LogP contribution in [0.5, 0.6) is 0 Å². The van der Waals surface area contributed by atoms with Gasteiger partial charge in [0.2, 0.25) is 5.91 Å². The van der Waals surface area contributed by atoms with E-state index in [0.717, 1.165) is 12.1 Å². The van der Waals surface area contributed by atoms with Gasteiger partial charge in [-0.25, -0.2) is 17.9 Å². The summed E-state index contributed by atoms with van der Waals surface area (Å²) in [6.07, 6.45) is 1.56. The Kier molecular flexibility index (Phi) is 10.7. The average molecular weight is 453 g/mol. The van der Waals surface area contributed by atoms with Gasteiger partial charge in [0.1, 0.15) is 6.54 Å². The molecule has 1 amide bonds. The van der Waals surface area contributed by atoms with Crippen molar-refractivity contribution in [3.8, 4) is 0 Å². The summed E-state index contributed by atoms with van der Waals surface area (Å²) in [5.41, 5.74) is 5.80. The maximum Gasteiger partial charge on any atom is 0.633 e. The molecule has 2 rings (SSSR count). The van der Waals surface area contributed by atoms with Gasteiger partial charge in [0, 0.05) is 18.7 Å². The fourth-order valence-electron chi connectivity index (χ4n) is 2.46. The SMILES string of the molecule is Cl.NC(CCCCOB(O)O)c1nnnn1CC(=O)NCc1ccc(F)c(F)c1F. The van der Waals surface area contributed by atoms with Crippen LogP contribution in [0.25, 0.3) is 0 Å². The van der Waals surface area contributed by atoms with Crippen LogP contribution in [-0.4, -0.2) is 50.1 Å². The van der Waals surface area contributed by atoms with Crippen molar-refractivity contribution in [1.29, 1.82) is 0 Å². The Hall–Kier alpha value is -2.26. The van der Waals surface area contributed by atoms with Crippen LogP contribution in [-0.2, 0) is 22.5 Å². The van der Waals surface area contributed by atoms with Crippen molar-refractivity contribution in [1.82, 2.24) is 25.5 Å². The van der Waals surface area contributed by atoms with Gasteiger partial charge in [-0.05, 0) is 35.8 Å². The fraction of sp³-hybridized carbons (Fsp3) is 0.467. The van der Waals surface area contributed by atoms with Crippen molar-refractivity contribution in [3.05, 3.63) is 41.0 Å². The number of hydrogen-bond acceptors (Lipinski definition) is 8. The predicted molar refractivity (Wildman–Crippen MR) is 100 cm³/mol. The van der Waals surface area contributed by atoms with Crippen LogP contribution in [0.3, 0.4) is 0 Å². The normalized spacial score (nSPS) is 11.7. The largest absolute Gasteiger partial charge is 0.633 e. The molecule has 0 spiro atoms. The lowest BCUT2D eigenvalue weighted by molar-refractivity contribution is -0.122. The summed E-state index contributed by atoms with van der Waals surface area (Å²) in [5.74, 6) is -4.62. The van der Waals surface area contributed by atoms with Crippen molar-refractivity contribution >= 4 is 25.6 Å². The van der Waals surface area contributed by atoms with E-state index in [1.165, 1.54) is 4.68 Å². The number of unbranched alkanes of at least 4 members (excludes halogenated alkanes) is 1. The number of halogens is 4. The summed E-state index contributed by atoms with van der Waals surface area (Å²) in [6.45, 7) is -0.512. The number of aromatic nitrogens is 4. The second kappa shape index (κ2) is 12.4. The number of carbonyl (C=O) groups excluding carboxylic acids is 1. The number of nitrogens with two attached hydrogens (primary N) is 1. The van der Waals surface area contributed by atoms with Crippen molar-refractivity contribution < 1.29 is 32.7 Å². The quantitative estimate of drug-likeness (QED) is 0.211. The van der Waals surface area contributed by atoms with Gasteiger partial charge < -0.3 is 25.8 Å². The monoisotopic (exact) mass is 452 g/mol. The molecule has 166 valence electrons. The van der Waals surface area contributed by atoms with Gasteiger partial charge in [0.25, 0.3) is 0 Å². The first-order valence-electron chi connectivity index (χ1n) is 8.68. The first-order valence-corrected chi connectivity index (χ1v) is 8.68. The molecule has 1 heterocycles. The highest BCUT2D eigenvalue weighted by atomic mass is 35.5. The van der Waals surface area contributed by atoms with Gasteiger partial charge in [-0.2, -0.15) is 0 Å². The molecule has 1 atom stereocenters. The van der Waals surface area contributed by atoms with Crippen LogP contribution in [0.1, 0.15) is 36.7 Å². The van der Waals surface area contributed by atoms with E-state index >= 15 is 0 Å². The number of hydrogen-bond donors (Lipinski definition) is 4. The van der Waals surface area contributed by atoms with Crippen LogP contribution in [0.4, 0.5) is 13.2 Å². The number of rotatable bonds is 11. The molecule has 0 aliphatic rings. The molecule has 0 bridgehead atoms. The number of nitrogens with one attached hydrogen (secondary N) is 1. The standard InChI is InChI=1S/C15H20BF3N6O4.ClH/c17-10-5-4-9(13(18)14(10)19)7-21-12(26)8-25-15(22-23-24-25)11(20)3-1-2-6-29-16(27)28;/h4-5,11,27-28H,1-3,6-8,20H2,(H,21,26);1H. The van der Waals surface area contributed by atoms with Gasteiger partial charge in [0.15, 0.2) is 23.3 Å². The lowest BCUT2D eigenvalue weighted by Gasteiger charge is -2.12. The third kappa shape index (κ3) is 7.53. The summed E-state index contributed by atoms with van der Waals surface area (Å²) in [5, 5.41) is 30.5. The van der Waals surface area contributed by atoms with Crippen LogP contribution >= 0.6 is 12.4 Å². The Bertz CT molecular complexity index is 832. The summed E-state index contributed by atoms with van der Waals surface area (Å²) < 4.78 is 45.5. The van der Waals surface area contributed by atoms with Crippen molar-refractivity contribution in [3.63, 3.8) is 0 Å². The zero-order valence-corrected chi connectivity index (χ0v) is 16.5. The molecule has 0 saturated heterocycles. The van der Waals surface area contributed by atoms with Crippen molar-refractivity contribution in [2.75, 3.05) is 6.61 Å². The molecule has 0 fully saturated rings. The summed E-state index contributed by atoms with van der Waals surface area (Å²) in [7, 11) is -1.82. The van der Waals surface area contributed by atoms with E-state index in [0.29, 0.717) is 19.3 Å². The highest BCUT2D eigenvalue weighted by Gasteiger charge is 2.18. The maximum absolute atomic E-state index is 13.6. The predicted octanol–water partition coefficient (Wildman–Crippen LogP) is -0.0152. The Labute approximate surface area is 176 Å². The molecule has 2 aromatic rings. The number of amides is 1. The molecule has 1 unspecified atom stereocenters.